The standard InChI is InChI=1S/C20H16FN3/c1-2-13-6-8-14(9-7-13)17-11-19(24-20(23)18(17)12-22)15-4-3-5-16(21)10-15/h3-11H,2H2,1H3,(H2,23,24). The summed E-state index contributed by atoms with van der Waals surface area (Å²) in [6, 6.07) is 18.0. The minimum absolute atomic E-state index is 0.147. The number of aryl methyl sites for hydroxylation is 1. The summed E-state index contributed by atoms with van der Waals surface area (Å²) in [5, 5.41) is 9.44. The molecule has 3 aromatic rings. The highest BCUT2D eigenvalue weighted by atomic mass is 19.1. The number of nitrogens with zero attached hydrogens (tertiary/aromatic N) is 2. The third kappa shape index (κ3) is 2.97. The molecular formula is C20H16FN3. The monoisotopic (exact) mass is 317 g/mol. The maximum atomic E-state index is 13.5. The Balaban J connectivity index is 2.18. The summed E-state index contributed by atoms with van der Waals surface area (Å²) in [5.41, 5.74) is 10.3. The second-order valence-corrected chi connectivity index (χ2v) is 5.49. The molecule has 2 N–H and O–H groups in total. The molecule has 3 rings (SSSR count). The number of anilines is 1. The van der Waals surface area contributed by atoms with Gasteiger partial charge in [0.05, 0.1) is 5.69 Å². The van der Waals surface area contributed by atoms with Gasteiger partial charge in [-0.15, -0.1) is 0 Å². The van der Waals surface area contributed by atoms with E-state index in [-0.39, 0.29) is 11.6 Å². The molecule has 0 bridgehead atoms. The van der Waals surface area contributed by atoms with E-state index in [1.165, 1.54) is 17.7 Å². The lowest BCUT2D eigenvalue weighted by Crippen LogP contribution is -2.00. The fourth-order valence-electron chi connectivity index (χ4n) is 2.63. The van der Waals surface area contributed by atoms with Gasteiger partial charge in [0.25, 0.3) is 0 Å². The highest BCUT2D eigenvalue weighted by Crippen LogP contribution is 2.31. The van der Waals surface area contributed by atoms with E-state index in [0.29, 0.717) is 22.4 Å². The lowest BCUT2D eigenvalue weighted by Gasteiger charge is -2.11. The SMILES string of the molecule is CCc1ccc(-c2cc(-c3cccc(F)c3)nc(N)c2C#N)cc1. The van der Waals surface area contributed by atoms with E-state index in [2.05, 4.69) is 18.0 Å². The van der Waals surface area contributed by atoms with Gasteiger partial charge in [0.1, 0.15) is 23.3 Å². The van der Waals surface area contributed by atoms with E-state index in [1.54, 1.807) is 18.2 Å². The molecule has 0 aliphatic heterocycles. The highest BCUT2D eigenvalue weighted by Gasteiger charge is 2.13. The second kappa shape index (κ2) is 6.51. The maximum Gasteiger partial charge on any atom is 0.142 e. The molecule has 0 aliphatic carbocycles. The van der Waals surface area contributed by atoms with Gasteiger partial charge in [-0.25, -0.2) is 9.37 Å². The van der Waals surface area contributed by atoms with Crippen LogP contribution >= 0.6 is 0 Å². The van der Waals surface area contributed by atoms with Crippen molar-refractivity contribution in [2.45, 2.75) is 13.3 Å². The number of aromatic nitrogens is 1. The molecule has 1 heterocycles. The van der Waals surface area contributed by atoms with Crippen LogP contribution in [0.15, 0.2) is 54.6 Å². The van der Waals surface area contributed by atoms with Crippen molar-refractivity contribution in [2.75, 3.05) is 5.73 Å². The summed E-state index contributed by atoms with van der Waals surface area (Å²) in [4.78, 5) is 4.26. The van der Waals surface area contributed by atoms with Crippen LogP contribution in [0.3, 0.4) is 0 Å². The van der Waals surface area contributed by atoms with E-state index in [0.717, 1.165) is 12.0 Å². The Hall–Kier alpha value is -3.19. The third-order valence-corrected chi connectivity index (χ3v) is 3.95. The van der Waals surface area contributed by atoms with Crippen LogP contribution in [0.2, 0.25) is 0 Å². The van der Waals surface area contributed by atoms with Crippen LogP contribution in [0, 0.1) is 17.1 Å². The quantitative estimate of drug-likeness (QED) is 0.769. The van der Waals surface area contributed by atoms with E-state index in [9.17, 15) is 9.65 Å². The van der Waals surface area contributed by atoms with Crippen LogP contribution in [0.25, 0.3) is 22.4 Å². The van der Waals surface area contributed by atoms with Crippen LogP contribution in [0.4, 0.5) is 10.2 Å². The van der Waals surface area contributed by atoms with Gasteiger partial charge in [-0.1, -0.05) is 43.3 Å². The van der Waals surface area contributed by atoms with Crippen molar-refractivity contribution in [3.05, 3.63) is 71.5 Å². The van der Waals surface area contributed by atoms with Crippen molar-refractivity contribution in [3.63, 3.8) is 0 Å². The number of nitriles is 1. The van der Waals surface area contributed by atoms with Crippen LogP contribution in [-0.4, -0.2) is 4.98 Å². The van der Waals surface area contributed by atoms with E-state index in [1.807, 2.05) is 24.3 Å². The first-order valence-corrected chi connectivity index (χ1v) is 7.68. The van der Waals surface area contributed by atoms with Crippen molar-refractivity contribution in [3.8, 4) is 28.5 Å². The molecule has 0 atom stereocenters. The summed E-state index contributed by atoms with van der Waals surface area (Å²) < 4.78 is 13.5. The zero-order chi connectivity index (χ0) is 17.1. The summed E-state index contributed by atoms with van der Waals surface area (Å²) >= 11 is 0. The summed E-state index contributed by atoms with van der Waals surface area (Å²) in [6.45, 7) is 2.09. The molecule has 0 aliphatic rings. The fourth-order valence-corrected chi connectivity index (χ4v) is 2.63. The predicted molar refractivity (Wildman–Crippen MR) is 93.6 cm³/mol. The average Bonchev–Trinajstić information content (AvgIpc) is 2.61. The predicted octanol–water partition coefficient (Wildman–Crippen LogP) is 4.57. The number of hydrogen-bond donors (Lipinski definition) is 1. The Morgan fingerprint density at radius 2 is 1.83 bits per heavy atom. The molecule has 0 fully saturated rings. The first kappa shape index (κ1) is 15.7. The van der Waals surface area contributed by atoms with Gasteiger partial charge in [0.15, 0.2) is 0 Å². The Labute approximate surface area is 140 Å². The van der Waals surface area contributed by atoms with Gasteiger partial charge in [0, 0.05) is 11.1 Å². The van der Waals surface area contributed by atoms with Crippen molar-refractivity contribution >= 4 is 5.82 Å². The van der Waals surface area contributed by atoms with E-state index < -0.39 is 0 Å². The molecule has 3 nitrogen and oxygen atoms in total. The summed E-state index contributed by atoms with van der Waals surface area (Å²) in [6.07, 6.45) is 0.943. The molecule has 0 saturated heterocycles. The Bertz CT molecular complexity index is 925. The van der Waals surface area contributed by atoms with Crippen LogP contribution < -0.4 is 5.73 Å². The molecule has 4 heteroatoms. The first-order valence-electron chi connectivity index (χ1n) is 7.68. The molecule has 0 radical (unpaired) electrons. The van der Waals surface area contributed by atoms with Gasteiger partial charge in [-0.05, 0) is 35.7 Å². The summed E-state index contributed by atoms with van der Waals surface area (Å²) in [7, 11) is 0. The topological polar surface area (TPSA) is 62.7 Å². The molecule has 118 valence electrons. The number of pyridine rings is 1. The Morgan fingerprint density at radius 3 is 2.46 bits per heavy atom. The molecule has 24 heavy (non-hydrogen) atoms. The van der Waals surface area contributed by atoms with E-state index >= 15 is 0 Å². The molecule has 0 unspecified atom stereocenters. The fraction of sp³-hybridized carbons (Fsp3) is 0.100. The molecule has 0 spiro atoms. The maximum absolute atomic E-state index is 13.5. The van der Waals surface area contributed by atoms with Gasteiger partial charge in [-0.2, -0.15) is 5.26 Å². The number of halogens is 1. The number of rotatable bonds is 3. The Kier molecular flexibility index (Phi) is 4.26. The normalized spacial score (nSPS) is 10.4. The second-order valence-electron chi connectivity index (χ2n) is 5.49. The molecule has 0 amide bonds. The summed E-state index contributed by atoms with van der Waals surface area (Å²) in [5.74, 6) is -0.195. The first-order chi connectivity index (χ1) is 11.6. The molecule has 0 saturated carbocycles. The van der Waals surface area contributed by atoms with E-state index in [4.69, 9.17) is 5.73 Å². The lowest BCUT2D eigenvalue weighted by atomic mass is 9.97. The largest absolute Gasteiger partial charge is 0.383 e. The lowest BCUT2D eigenvalue weighted by molar-refractivity contribution is 0.628. The Morgan fingerprint density at radius 1 is 1.08 bits per heavy atom. The zero-order valence-electron chi connectivity index (χ0n) is 13.3. The van der Waals surface area contributed by atoms with Gasteiger partial charge in [-0.3, -0.25) is 0 Å². The van der Waals surface area contributed by atoms with Gasteiger partial charge in [0.2, 0.25) is 0 Å². The molecule has 1 aromatic heterocycles. The number of nitrogens with two attached hydrogens (primary N) is 1. The molecule has 2 aromatic carbocycles. The van der Waals surface area contributed by atoms with Crippen molar-refractivity contribution < 1.29 is 4.39 Å². The average molecular weight is 317 g/mol. The number of benzene rings is 2. The van der Waals surface area contributed by atoms with Crippen LogP contribution in [-0.2, 0) is 6.42 Å². The van der Waals surface area contributed by atoms with Crippen molar-refractivity contribution in [1.82, 2.24) is 4.98 Å². The van der Waals surface area contributed by atoms with Crippen LogP contribution in [0.5, 0.6) is 0 Å². The number of nitrogen functional groups attached to an aromatic ring is 1. The third-order valence-electron chi connectivity index (χ3n) is 3.95. The van der Waals surface area contributed by atoms with Gasteiger partial charge >= 0.3 is 0 Å². The molecular weight excluding hydrogens is 301 g/mol. The van der Waals surface area contributed by atoms with Crippen LogP contribution in [0.1, 0.15) is 18.1 Å². The zero-order valence-corrected chi connectivity index (χ0v) is 13.3. The number of hydrogen-bond acceptors (Lipinski definition) is 3. The van der Waals surface area contributed by atoms with Gasteiger partial charge < -0.3 is 5.73 Å². The minimum atomic E-state index is -0.342. The van der Waals surface area contributed by atoms with Crippen molar-refractivity contribution in [2.24, 2.45) is 0 Å². The minimum Gasteiger partial charge on any atom is -0.383 e. The van der Waals surface area contributed by atoms with Crippen molar-refractivity contribution in [1.29, 1.82) is 5.26 Å². The smallest absolute Gasteiger partial charge is 0.142 e. The highest BCUT2D eigenvalue weighted by molar-refractivity contribution is 5.80.